The maximum Gasteiger partial charge on any atom is 0.573 e. The first kappa shape index (κ1) is 26.5. The van der Waals surface area contributed by atoms with Crippen molar-refractivity contribution in [3.63, 3.8) is 0 Å². The van der Waals surface area contributed by atoms with Crippen molar-refractivity contribution in [3.05, 3.63) is 65.9 Å². The van der Waals surface area contributed by atoms with Gasteiger partial charge in [0.25, 0.3) is 5.91 Å². The summed E-state index contributed by atoms with van der Waals surface area (Å²) in [7, 11) is -3.19. The zero-order valence-corrected chi connectivity index (χ0v) is 21.4. The van der Waals surface area contributed by atoms with Crippen LogP contribution < -0.4 is 24.8 Å². The largest absolute Gasteiger partial charge is 0.573 e. The van der Waals surface area contributed by atoms with Gasteiger partial charge in [-0.25, -0.2) is 9.78 Å². The lowest BCUT2D eigenvalue weighted by atomic mass is 10.1. The minimum absolute atomic E-state index is 0.0282. The quantitative estimate of drug-likeness (QED) is 0.276. The Balaban J connectivity index is 1.97. The molecule has 0 aliphatic rings. The van der Waals surface area contributed by atoms with E-state index >= 15 is 0 Å². The van der Waals surface area contributed by atoms with Gasteiger partial charge < -0.3 is 24.3 Å². The minimum atomic E-state index is -5.15. The summed E-state index contributed by atoms with van der Waals surface area (Å²) in [5, 5.41) is 4.66. The van der Waals surface area contributed by atoms with E-state index in [1.807, 2.05) is 0 Å². The third-order valence-electron chi connectivity index (χ3n) is 4.68. The fraction of sp³-hybridized carbons (Fsp3) is 0.269. The Morgan fingerprint density at radius 3 is 2.22 bits per heavy atom. The topological polar surface area (TPSA) is 108 Å². The van der Waals surface area contributed by atoms with Gasteiger partial charge >= 0.3 is 18.6 Å². The van der Waals surface area contributed by atoms with Crippen molar-refractivity contribution in [1.29, 1.82) is 0 Å². The Bertz CT molecular complexity index is 1530. The summed E-state index contributed by atoms with van der Waals surface area (Å²) in [6.07, 6.45) is -9.74. The smallest absolute Gasteiger partial charge is 0.493 e. The van der Waals surface area contributed by atoms with E-state index < -0.39 is 71.3 Å². The molecule has 0 saturated heterocycles. The molecule has 0 atom stereocenters. The number of halogens is 6. The van der Waals surface area contributed by atoms with E-state index in [0.717, 1.165) is 18.2 Å². The van der Waals surface area contributed by atoms with E-state index in [9.17, 15) is 35.9 Å². The number of carbonyl (C=O) groups is 2. The molecule has 9 nitrogen and oxygen atoms in total. The first-order chi connectivity index (χ1) is 20.1. The molecular weight excluding hydrogens is 564 g/mol. The molecule has 1 aromatic heterocycles. The summed E-state index contributed by atoms with van der Waals surface area (Å²) in [5.41, 5.74) is -2.84. The SMILES string of the molecule is [2H]C([2H])([2H])Oc1cc(OC(F)(F)F)ccc1Oc1ccc(C(F)(F)F)cc1C(=O)Nc1ccnc(NC(=O)OC(C)(C)C)c1. The highest BCUT2D eigenvalue weighted by atomic mass is 19.4. The average Bonchev–Trinajstić information content (AvgIpc) is 2.82. The molecule has 1 heterocycles. The van der Waals surface area contributed by atoms with Gasteiger partial charge in [0.2, 0.25) is 0 Å². The van der Waals surface area contributed by atoms with E-state index in [4.69, 9.17) is 18.3 Å². The Kier molecular flexibility index (Phi) is 7.65. The Labute approximate surface area is 233 Å². The molecule has 0 fully saturated rings. The number of nitrogens with one attached hydrogen (secondary N) is 2. The summed E-state index contributed by atoms with van der Waals surface area (Å²) in [4.78, 5) is 29.1. The molecule has 0 unspecified atom stereocenters. The summed E-state index contributed by atoms with van der Waals surface area (Å²) in [5.74, 6) is -4.05. The van der Waals surface area contributed by atoms with Crippen molar-refractivity contribution in [2.24, 2.45) is 0 Å². The molecule has 0 aliphatic carbocycles. The number of methoxy groups -OCH3 is 1. The van der Waals surface area contributed by atoms with Gasteiger partial charge in [-0.15, -0.1) is 13.2 Å². The summed E-state index contributed by atoms with van der Waals surface area (Å²) < 4.78 is 120. The van der Waals surface area contributed by atoms with Gasteiger partial charge in [0.15, 0.2) is 11.5 Å². The van der Waals surface area contributed by atoms with Crippen LogP contribution in [0.15, 0.2) is 54.7 Å². The highest BCUT2D eigenvalue weighted by Crippen LogP contribution is 2.39. The number of hydrogen-bond donors (Lipinski definition) is 2. The van der Waals surface area contributed by atoms with Crippen molar-refractivity contribution in [2.45, 2.75) is 38.9 Å². The average molecular weight is 590 g/mol. The number of anilines is 2. The normalized spacial score (nSPS) is 13.2. The molecule has 2 N–H and O–H groups in total. The van der Waals surface area contributed by atoms with Crippen molar-refractivity contribution in [3.8, 4) is 23.0 Å². The van der Waals surface area contributed by atoms with Crippen LogP contribution in [0.25, 0.3) is 0 Å². The second-order valence-corrected chi connectivity index (χ2v) is 9.08. The van der Waals surface area contributed by atoms with Crippen LogP contribution in [0.3, 0.4) is 0 Å². The van der Waals surface area contributed by atoms with Gasteiger partial charge in [-0.3, -0.25) is 10.1 Å². The lowest BCUT2D eigenvalue weighted by Crippen LogP contribution is -2.27. The van der Waals surface area contributed by atoms with Gasteiger partial charge in [0, 0.05) is 24.0 Å². The van der Waals surface area contributed by atoms with Gasteiger partial charge in [-0.05, 0) is 57.2 Å². The van der Waals surface area contributed by atoms with E-state index in [1.54, 1.807) is 20.8 Å². The number of carbonyl (C=O) groups excluding carboxylic acids is 2. The van der Waals surface area contributed by atoms with Gasteiger partial charge in [0.05, 0.1) is 22.3 Å². The lowest BCUT2D eigenvalue weighted by molar-refractivity contribution is -0.274. The van der Waals surface area contributed by atoms with Crippen LogP contribution in [-0.4, -0.2) is 36.0 Å². The number of aromatic nitrogens is 1. The van der Waals surface area contributed by atoms with Crippen molar-refractivity contribution >= 4 is 23.5 Å². The van der Waals surface area contributed by atoms with Crippen LogP contribution >= 0.6 is 0 Å². The maximum atomic E-state index is 13.5. The molecule has 2 aromatic carbocycles. The zero-order valence-electron chi connectivity index (χ0n) is 24.4. The van der Waals surface area contributed by atoms with Crippen LogP contribution in [0.1, 0.15) is 40.8 Å². The minimum Gasteiger partial charge on any atom is -0.493 e. The predicted molar refractivity (Wildman–Crippen MR) is 133 cm³/mol. The van der Waals surface area contributed by atoms with Crippen LogP contribution in [0, 0.1) is 0 Å². The fourth-order valence-electron chi connectivity index (χ4n) is 3.12. The molecule has 3 rings (SSSR count). The number of rotatable bonds is 7. The molecule has 220 valence electrons. The Morgan fingerprint density at radius 1 is 0.878 bits per heavy atom. The number of hydrogen-bond acceptors (Lipinski definition) is 7. The predicted octanol–water partition coefficient (Wildman–Crippen LogP) is 7.40. The standard InChI is InChI=1S/C26H23F6N3O6/c1-24(2,3)41-23(37)35-21-12-15(9-10-33-21)34-22(36)17-11-14(25(27,28)29)5-7-18(17)39-19-8-6-16(13-20(19)38-4)40-26(30,31)32/h5-13H,1-4H3,(H2,33,34,35,36,37)/i4D3. The molecule has 41 heavy (non-hydrogen) atoms. The molecule has 15 heteroatoms. The third-order valence-corrected chi connectivity index (χ3v) is 4.68. The number of pyridine rings is 1. The van der Waals surface area contributed by atoms with Crippen molar-refractivity contribution in [1.82, 2.24) is 4.98 Å². The summed E-state index contributed by atoms with van der Waals surface area (Å²) >= 11 is 0. The highest BCUT2D eigenvalue weighted by molar-refractivity contribution is 6.06. The molecule has 0 radical (unpaired) electrons. The fourth-order valence-corrected chi connectivity index (χ4v) is 3.12. The molecule has 3 aromatic rings. The van der Waals surface area contributed by atoms with Crippen molar-refractivity contribution in [2.75, 3.05) is 17.7 Å². The van der Waals surface area contributed by atoms with Crippen molar-refractivity contribution < 1.29 is 59.0 Å². The number of amides is 2. The number of alkyl halides is 6. The first-order valence-electron chi connectivity index (χ1n) is 12.8. The molecule has 2 amide bonds. The van der Waals surface area contributed by atoms with Crippen LogP contribution in [0.4, 0.5) is 42.6 Å². The van der Waals surface area contributed by atoms with E-state index in [1.165, 1.54) is 18.3 Å². The molecule has 0 saturated carbocycles. The van der Waals surface area contributed by atoms with E-state index in [-0.39, 0.29) is 11.5 Å². The Morgan fingerprint density at radius 2 is 1.59 bits per heavy atom. The second kappa shape index (κ2) is 11.8. The highest BCUT2D eigenvalue weighted by Gasteiger charge is 2.33. The van der Waals surface area contributed by atoms with Gasteiger partial charge in [-0.1, -0.05) is 0 Å². The number of nitrogens with zero attached hydrogens (tertiary/aromatic N) is 1. The van der Waals surface area contributed by atoms with E-state index in [2.05, 4.69) is 20.4 Å². The molecular formula is C26H23F6N3O6. The monoisotopic (exact) mass is 590 g/mol. The van der Waals surface area contributed by atoms with Crippen LogP contribution in [0.5, 0.6) is 23.0 Å². The third kappa shape index (κ3) is 9.19. The Hall–Kier alpha value is -4.69. The maximum absolute atomic E-state index is 13.5. The van der Waals surface area contributed by atoms with Crippen LogP contribution in [0.2, 0.25) is 0 Å². The molecule has 0 bridgehead atoms. The van der Waals surface area contributed by atoms with E-state index in [0.29, 0.717) is 18.2 Å². The van der Waals surface area contributed by atoms with Crippen LogP contribution in [-0.2, 0) is 10.9 Å². The lowest BCUT2D eigenvalue weighted by Gasteiger charge is -2.19. The number of ether oxygens (including phenoxy) is 4. The molecule has 0 aliphatic heterocycles. The zero-order chi connectivity index (χ0) is 33.1. The van der Waals surface area contributed by atoms with Gasteiger partial charge in [-0.2, -0.15) is 13.2 Å². The first-order valence-corrected chi connectivity index (χ1v) is 11.3. The molecule has 0 spiro atoms. The second-order valence-electron chi connectivity index (χ2n) is 9.08. The summed E-state index contributed by atoms with van der Waals surface area (Å²) in [6.45, 7) is 4.86. The van der Waals surface area contributed by atoms with Gasteiger partial charge in [0.1, 0.15) is 22.9 Å². The summed E-state index contributed by atoms with van der Waals surface area (Å²) in [6, 6.07) is 6.26. The number of benzene rings is 2.